The first kappa shape index (κ1) is 20.5. The van der Waals surface area contributed by atoms with Gasteiger partial charge in [-0.1, -0.05) is 0 Å². The Labute approximate surface area is 158 Å². The third kappa shape index (κ3) is 4.88. The average Bonchev–Trinajstić information content (AvgIpc) is 2.69. The van der Waals surface area contributed by atoms with Crippen LogP contribution >= 0.6 is 0 Å². The molecule has 0 spiro atoms. The normalized spacial score (nSPS) is 10.8. The number of nitriles is 1. The van der Waals surface area contributed by atoms with Crippen molar-refractivity contribution in [1.82, 2.24) is 0 Å². The Balaban J connectivity index is 2.09. The Morgan fingerprint density at radius 2 is 1.79 bits per heavy atom. The largest absolute Gasteiger partial charge is 0.462 e. The molecule has 0 aromatic heterocycles. The molecular weight excluding hydrogens is 375 g/mol. The molecule has 0 atom stereocenters. The number of amides is 1. The molecule has 0 radical (unpaired) electrons. The predicted octanol–water partition coefficient (Wildman–Crippen LogP) is 3.74. The molecule has 0 aliphatic rings. The van der Waals surface area contributed by atoms with Crippen LogP contribution in [0.5, 0.6) is 0 Å². The zero-order valence-corrected chi connectivity index (χ0v) is 14.6. The van der Waals surface area contributed by atoms with Gasteiger partial charge in [0.1, 0.15) is 11.6 Å². The number of hydrogen-bond donors (Lipinski definition) is 2. The topological polar surface area (TPSA) is 91.2 Å². The summed E-state index contributed by atoms with van der Waals surface area (Å²) in [6.45, 7) is 1.89. The smallest absolute Gasteiger partial charge is 0.338 e. The van der Waals surface area contributed by atoms with Crippen molar-refractivity contribution >= 4 is 23.3 Å². The van der Waals surface area contributed by atoms with Crippen molar-refractivity contribution in [2.45, 2.75) is 6.92 Å². The van der Waals surface area contributed by atoms with Gasteiger partial charge in [0, 0.05) is 11.9 Å². The molecule has 1 amide bonds. The van der Waals surface area contributed by atoms with E-state index in [4.69, 9.17) is 10.00 Å². The standard InChI is InChI=1S/C19H14F3N3O3/c1-2-28-19(27)11-3-5-13(6-4-11)25-18(26)12(9-23)10-24-15-8-7-14(20)16(21)17(15)22/h3-8,10,24H,2H2,1H3,(H,25,26)/b12-10-. The number of esters is 1. The van der Waals surface area contributed by atoms with Gasteiger partial charge in [0.15, 0.2) is 17.5 Å². The van der Waals surface area contributed by atoms with Crippen LogP contribution in [0.2, 0.25) is 0 Å². The van der Waals surface area contributed by atoms with Crippen LogP contribution in [0.3, 0.4) is 0 Å². The summed E-state index contributed by atoms with van der Waals surface area (Å²) in [7, 11) is 0. The first-order valence-corrected chi connectivity index (χ1v) is 7.96. The molecule has 0 aliphatic heterocycles. The lowest BCUT2D eigenvalue weighted by molar-refractivity contribution is -0.112. The van der Waals surface area contributed by atoms with Crippen LogP contribution in [0.25, 0.3) is 0 Å². The maximum absolute atomic E-state index is 13.6. The third-order valence-electron chi connectivity index (χ3n) is 3.43. The quantitative estimate of drug-likeness (QED) is 0.340. The van der Waals surface area contributed by atoms with Gasteiger partial charge in [-0.05, 0) is 43.3 Å². The molecule has 9 heteroatoms. The van der Waals surface area contributed by atoms with E-state index in [-0.39, 0.29) is 12.2 Å². The fourth-order valence-electron chi connectivity index (χ4n) is 2.04. The fraction of sp³-hybridized carbons (Fsp3) is 0.105. The first-order valence-electron chi connectivity index (χ1n) is 7.96. The number of ether oxygens (including phenoxy) is 1. The second-order valence-electron chi connectivity index (χ2n) is 5.29. The lowest BCUT2D eigenvalue weighted by Crippen LogP contribution is -2.15. The summed E-state index contributed by atoms with van der Waals surface area (Å²) in [6, 6.07) is 8.95. The minimum absolute atomic E-state index is 0.221. The van der Waals surface area contributed by atoms with Gasteiger partial charge in [0.05, 0.1) is 17.9 Å². The van der Waals surface area contributed by atoms with Crippen molar-refractivity contribution < 1.29 is 27.5 Å². The average molecular weight is 389 g/mol. The monoisotopic (exact) mass is 389 g/mol. The Morgan fingerprint density at radius 3 is 2.39 bits per heavy atom. The van der Waals surface area contributed by atoms with Gasteiger partial charge >= 0.3 is 5.97 Å². The van der Waals surface area contributed by atoms with Crippen molar-refractivity contribution in [1.29, 1.82) is 5.26 Å². The molecule has 0 unspecified atom stereocenters. The highest BCUT2D eigenvalue weighted by molar-refractivity contribution is 6.06. The minimum atomic E-state index is -1.68. The van der Waals surface area contributed by atoms with Gasteiger partial charge in [0.2, 0.25) is 0 Å². The van der Waals surface area contributed by atoms with E-state index in [0.717, 1.165) is 12.3 Å². The summed E-state index contributed by atoms with van der Waals surface area (Å²) < 4.78 is 44.5. The van der Waals surface area contributed by atoms with Crippen molar-refractivity contribution in [3.8, 4) is 6.07 Å². The number of carbonyl (C=O) groups excluding carboxylic acids is 2. The van der Waals surface area contributed by atoms with E-state index >= 15 is 0 Å². The molecule has 144 valence electrons. The maximum atomic E-state index is 13.6. The molecule has 0 bridgehead atoms. The lowest BCUT2D eigenvalue weighted by atomic mass is 10.2. The molecule has 6 nitrogen and oxygen atoms in total. The van der Waals surface area contributed by atoms with Gasteiger partial charge in [-0.2, -0.15) is 5.26 Å². The Hall–Kier alpha value is -3.80. The van der Waals surface area contributed by atoms with Crippen molar-refractivity contribution in [2.24, 2.45) is 0 Å². The lowest BCUT2D eigenvalue weighted by Gasteiger charge is -2.07. The molecule has 0 saturated carbocycles. The van der Waals surface area contributed by atoms with Gasteiger partial charge in [-0.15, -0.1) is 0 Å². The van der Waals surface area contributed by atoms with Crippen LogP contribution in [0.15, 0.2) is 48.2 Å². The molecular formula is C19H14F3N3O3. The second-order valence-corrected chi connectivity index (χ2v) is 5.29. The van der Waals surface area contributed by atoms with Crippen molar-refractivity contribution in [3.63, 3.8) is 0 Å². The molecule has 0 saturated heterocycles. The number of hydrogen-bond acceptors (Lipinski definition) is 5. The van der Waals surface area contributed by atoms with Crippen LogP contribution in [0, 0.1) is 28.8 Å². The number of nitrogens with zero attached hydrogens (tertiary/aromatic N) is 1. The van der Waals surface area contributed by atoms with E-state index in [1.54, 1.807) is 13.0 Å². The Kier molecular flexibility index (Phi) is 6.76. The molecule has 2 aromatic rings. The van der Waals surface area contributed by atoms with Crippen molar-refractivity contribution in [3.05, 3.63) is 71.2 Å². The van der Waals surface area contributed by atoms with Crippen LogP contribution in [0.1, 0.15) is 17.3 Å². The molecule has 28 heavy (non-hydrogen) atoms. The molecule has 0 heterocycles. The van der Waals surface area contributed by atoms with E-state index in [1.807, 2.05) is 0 Å². The second kappa shape index (κ2) is 9.23. The Morgan fingerprint density at radius 1 is 1.11 bits per heavy atom. The molecule has 2 rings (SSSR count). The van der Waals surface area contributed by atoms with E-state index in [1.165, 1.54) is 24.3 Å². The molecule has 0 aliphatic carbocycles. The fourth-order valence-corrected chi connectivity index (χ4v) is 2.04. The number of rotatable bonds is 6. The summed E-state index contributed by atoms with van der Waals surface area (Å²) in [5.41, 5.74) is -0.318. The summed E-state index contributed by atoms with van der Waals surface area (Å²) in [5, 5.41) is 13.7. The number of carbonyl (C=O) groups is 2. The van der Waals surface area contributed by atoms with E-state index in [9.17, 15) is 22.8 Å². The molecule has 0 fully saturated rings. The van der Waals surface area contributed by atoms with E-state index in [0.29, 0.717) is 11.8 Å². The van der Waals surface area contributed by atoms with E-state index < -0.39 is 40.6 Å². The number of benzene rings is 2. The minimum Gasteiger partial charge on any atom is -0.462 e. The maximum Gasteiger partial charge on any atom is 0.338 e. The SMILES string of the molecule is CCOC(=O)c1ccc(NC(=O)/C(C#N)=C\Nc2ccc(F)c(F)c2F)cc1. The van der Waals surface area contributed by atoms with Gasteiger partial charge in [-0.25, -0.2) is 18.0 Å². The van der Waals surface area contributed by atoms with Gasteiger partial charge < -0.3 is 15.4 Å². The van der Waals surface area contributed by atoms with E-state index in [2.05, 4.69) is 10.6 Å². The highest BCUT2D eigenvalue weighted by Gasteiger charge is 2.14. The zero-order valence-electron chi connectivity index (χ0n) is 14.6. The molecule has 2 aromatic carbocycles. The van der Waals surface area contributed by atoms with Gasteiger partial charge in [0.25, 0.3) is 5.91 Å². The summed E-state index contributed by atoms with van der Waals surface area (Å²) in [5.74, 6) is -5.87. The summed E-state index contributed by atoms with van der Waals surface area (Å²) >= 11 is 0. The van der Waals surface area contributed by atoms with Crippen LogP contribution < -0.4 is 10.6 Å². The van der Waals surface area contributed by atoms with Crippen LogP contribution in [0.4, 0.5) is 24.5 Å². The number of halogens is 3. The van der Waals surface area contributed by atoms with Crippen LogP contribution in [-0.4, -0.2) is 18.5 Å². The zero-order chi connectivity index (χ0) is 20.7. The summed E-state index contributed by atoms with van der Waals surface area (Å²) in [4.78, 5) is 23.7. The molecule has 2 N–H and O–H groups in total. The highest BCUT2D eigenvalue weighted by atomic mass is 19.2. The van der Waals surface area contributed by atoms with Crippen molar-refractivity contribution in [2.75, 3.05) is 17.2 Å². The Bertz CT molecular complexity index is 967. The van der Waals surface area contributed by atoms with Crippen LogP contribution in [-0.2, 0) is 9.53 Å². The summed E-state index contributed by atoms with van der Waals surface area (Å²) in [6.07, 6.45) is 0.859. The number of nitrogens with one attached hydrogen (secondary N) is 2. The third-order valence-corrected chi connectivity index (χ3v) is 3.43. The number of anilines is 2. The first-order chi connectivity index (χ1) is 13.4. The predicted molar refractivity (Wildman–Crippen MR) is 94.7 cm³/mol. The van der Waals surface area contributed by atoms with Gasteiger partial charge in [-0.3, -0.25) is 4.79 Å². The highest BCUT2D eigenvalue weighted by Crippen LogP contribution is 2.20.